The molecule has 1 N–H and O–H groups in total. The first-order valence-electron chi connectivity index (χ1n) is 13.3. The van der Waals surface area contributed by atoms with Crippen molar-refractivity contribution in [3.05, 3.63) is 55.6 Å². The molecule has 0 aliphatic carbocycles. The zero-order valence-electron chi connectivity index (χ0n) is 22.0. The molecular formula is C29H39N3O5. The van der Waals surface area contributed by atoms with Gasteiger partial charge in [0.2, 0.25) is 17.7 Å². The molecule has 4 rings (SSSR count). The van der Waals surface area contributed by atoms with Crippen molar-refractivity contribution in [2.75, 3.05) is 37.7 Å². The van der Waals surface area contributed by atoms with Crippen LogP contribution in [-0.2, 0) is 19.1 Å². The number of likely N-dealkylation sites (tertiary alicyclic amines) is 1. The number of ether oxygens (including phenoxy) is 1. The van der Waals surface area contributed by atoms with Gasteiger partial charge in [-0.15, -0.1) is 13.2 Å². The molecule has 3 aliphatic rings. The van der Waals surface area contributed by atoms with E-state index in [4.69, 9.17) is 4.74 Å². The standard InChI is InChI=1S/C29H39N3O5/c1-5-8-18-30(16-6-2)27(36)24-29-15-14-28(4,37-29)22(23(29)26(35)32(24)19-20-33)25(34)31(17-7-3)21-12-10-9-11-13-21/h6-7,9-13,22-24,33H,2-3,5,8,14-20H2,1,4H3/t22-,23+,24?,28+,29?/m1/s1. The van der Waals surface area contributed by atoms with Gasteiger partial charge in [-0.25, -0.2) is 0 Å². The van der Waals surface area contributed by atoms with Crippen LogP contribution < -0.4 is 4.90 Å². The Labute approximate surface area is 219 Å². The molecule has 0 saturated carbocycles. The van der Waals surface area contributed by atoms with E-state index in [0.29, 0.717) is 25.9 Å². The first-order chi connectivity index (χ1) is 17.8. The number of benzene rings is 1. The first kappa shape index (κ1) is 27.1. The van der Waals surface area contributed by atoms with Gasteiger partial charge in [-0.05, 0) is 38.3 Å². The van der Waals surface area contributed by atoms with Gasteiger partial charge in [0, 0.05) is 31.9 Å². The molecule has 3 aliphatic heterocycles. The van der Waals surface area contributed by atoms with Crippen LogP contribution in [0.4, 0.5) is 5.69 Å². The fourth-order valence-electron chi connectivity index (χ4n) is 6.63. The molecule has 8 heteroatoms. The second-order valence-corrected chi connectivity index (χ2v) is 10.5. The Morgan fingerprint density at radius 3 is 2.49 bits per heavy atom. The number of amides is 3. The van der Waals surface area contributed by atoms with Crippen LogP contribution in [0, 0.1) is 11.8 Å². The number of carbonyl (C=O) groups excluding carboxylic acids is 3. The third-order valence-corrected chi connectivity index (χ3v) is 8.21. The highest BCUT2D eigenvalue weighted by atomic mass is 16.5. The van der Waals surface area contributed by atoms with E-state index in [1.807, 2.05) is 37.3 Å². The van der Waals surface area contributed by atoms with Gasteiger partial charge in [-0.2, -0.15) is 0 Å². The SMILES string of the molecule is C=CCN(CCCC)C(=O)C1N(CCO)C(=O)[C@@H]2[C@H](C(=O)N(CC=C)c3ccccc3)[C@]3(C)CCC12O3. The van der Waals surface area contributed by atoms with Crippen molar-refractivity contribution < 1.29 is 24.2 Å². The summed E-state index contributed by atoms with van der Waals surface area (Å²) in [5.41, 5.74) is -1.27. The molecule has 3 heterocycles. The fourth-order valence-corrected chi connectivity index (χ4v) is 6.63. The van der Waals surface area contributed by atoms with Crippen molar-refractivity contribution in [1.82, 2.24) is 9.80 Å². The zero-order valence-corrected chi connectivity index (χ0v) is 22.0. The topological polar surface area (TPSA) is 90.4 Å². The van der Waals surface area contributed by atoms with Crippen LogP contribution >= 0.6 is 0 Å². The molecule has 0 radical (unpaired) electrons. The van der Waals surface area contributed by atoms with Gasteiger partial charge >= 0.3 is 0 Å². The monoisotopic (exact) mass is 509 g/mol. The van der Waals surface area contributed by atoms with E-state index in [1.54, 1.807) is 22.0 Å². The lowest BCUT2D eigenvalue weighted by Crippen LogP contribution is -2.56. The molecule has 1 aromatic carbocycles. The van der Waals surface area contributed by atoms with E-state index in [9.17, 15) is 19.5 Å². The minimum Gasteiger partial charge on any atom is -0.395 e. The summed E-state index contributed by atoms with van der Waals surface area (Å²) in [6, 6.07) is 8.43. The number of carbonyl (C=O) groups is 3. The number of hydrogen-bond donors (Lipinski definition) is 1. The predicted octanol–water partition coefficient (Wildman–Crippen LogP) is 2.78. The van der Waals surface area contributed by atoms with Gasteiger partial charge in [-0.1, -0.05) is 43.7 Å². The zero-order chi connectivity index (χ0) is 26.8. The summed E-state index contributed by atoms with van der Waals surface area (Å²) in [4.78, 5) is 47.1. The smallest absolute Gasteiger partial charge is 0.248 e. The van der Waals surface area contributed by atoms with E-state index in [0.717, 1.165) is 18.5 Å². The van der Waals surface area contributed by atoms with Crippen molar-refractivity contribution in [3.8, 4) is 0 Å². The molecule has 8 nitrogen and oxygen atoms in total. The Morgan fingerprint density at radius 2 is 1.86 bits per heavy atom. The summed E-state index contributed by atoms with van der Waals surface area (Å²) >= 11 is 0. The molecule has 0 aromatic heterocycles. The fraction of sp³-hybridized carbons (Fsp3) is 0.552. The number of nitrogens with zero attached hydrogens (tertiary/aromatic N) is 3. The number of para-hydroxylation sites is 1. The average Bonchev–Trinajstić information content (AvgIpc) is 3.46. The van der Waals surface area contributed by atoms with Crippen LogP contribution in [0.5, 0.6) is 0 Å². The second kappa shape index (κ2) is 10.8. The van der Waals surface area contributed by atoms with Crippen LogP contribution in [0.2, 0.25) is 0 Å². The minimum absolute atomic E-state index is 0.0131. The van der Waals surface area contributed by atoms with Gasteiger partial charge in [0.05, 0.1) is 24.0 Å². The van der Waals surface area contributed by atoms with Crippen LogP contribution in [0.25, 0.3) is 0 Å². The molecule has 200 valence electrons. The van der Waals surface area contributed by atoms with Crippen LogP contribution in [0.15, 0.2) is 55.6 Å². The molecule has 3 amide bonds. The highest BCUT2D eigenvalue weighted by Crippen LogP contribution is 2.63. The lowest BCUT2D eigenvalue weighted by Gasteiger charge is -2.36. The van der Waals surface area contributed by atoms with Crippen LogP contribution in [-0.4, -0.2) is 82.7 Å². The number of aliphatic hydroxyl groups is 1. The maximum atomic E-state index is 14.2. The number of anilines is 1. The van der Waals surface area contributed by atoms with Gasteiger partial charge in [0.1, 0.15) is 11.6 Å². The third kappa shape index (κ3) is 4.40. The molecule has 37 heavy (non-hydrogen) atoms. The number of β-amino-alcohol motifs (C(OH)–C–C–N with tert-alkyl or cyclic N) is 1. The van der Waals surface area contributed by atoms with Gasteiger partial charge in [0.15, 0.2) is 0 Å². The Bertz CT molecular complexity index is 1050. The average molecular weight is 510 g/mol. The van der Waals surface area contributed by atoms with E-state index in [1.165, 1.54) is 4.90 Å². The molecule has 2 unspecified atom stereocenters. The lowest BCUT2D eigenvalue weighted by molar-refractivity contribution is -0.151. The highest BCUT2D eigenvalue weighted by molar-refractivity contribution is 6.03. The molecule has 3 fully saturated rings. The summed E-state index contributed by atoms with van der Waals surface area (Å²) in [5, 5.41) is 9.83. The maximum Gasteiger partial charge on any atom is 0.248 e. The Hall–Kier alpha value is -2.97. The van der Waals surface area contributed by atoms with Gasteiger partial charge < -0.3 is 24.5 Å². The van der Waals surface area contributed by atoms with Crippen molar-refractivity contribution in [1.29, 1.82) is 0 Å². The summed E-state index contributed by atoms with van der Waals surface area (Å²) in [6.45, 7) is 12.5. The maximum absolute atomic E-state index is 14.2. The number of hydrogen-bond acceptors (Lipinski definition) is 5. The quantitative estimate of drug-likeness (QED) is 0.438. The minimum atomic E-state index is -1.11. The first-order valence-corrected chi connectivity index (χ1v) is 13.3. The highest BCUT2D eigenvalue weighted by Gasteiger charge is 2.78. The third-order valence-electron chi connectivity index (χ3n) is 8.21. The predicted molar refractivity (Wildman–Crippen MR) is 142 cm³/mol. The molecule has 5 atom stereocenters. The summed E-state index contributed by atoms with van der Waals surface area (Å²) in [5.74, 6) is -2.27. The molecule has 3 saturated heterocycles. The molecule has 1 aromatic rings. The summed E-state index contributed by atoms with van der Waals surface area (Å²) < 4.78 is 6.69. The Morgan fingerprint density at radius 1 is 1.16 bits per heavy atom. The van der Waals surface area contributed by atoms with Crippen molar-refractivity contribution in [2.45, 2.75) is 56.8 Å². The number of fused-ring (bicyclic) bond motifs is 1. The molecule has 2 bridgehead atoms. The number of rotatable bonds is 12. The summed E-state index contributed by atoms with van der Waals surface area (Å²) in [6.07, 6.45) is 6.16. The van der Waals surface area contributed by atoms with Gasteiger partial charge in [-0.3, -0.25) is 14.4 Å². The van der Waals surface area contributed by atoms with E-state index >= 15 is 0 Å². The summed E-state index contributed by atoms with van der Waals surface area (Å²) in [7, 11) is 0. The number of unbranched alkanes of at least 4 members (excludes halogenated alkanes) is 1. The van der Waals surface area contributed by atoms with Crippen molar-refractivity contribution in [3.63, 3.8) is 0 Å². The molecular weight excluding hydrogens is 470 g/mol. The van der Waals surface area contributed by atoms with Gasteiger partial charge in [0.25, 0.3) is 0 Å². The van der Waals surface area contributed by atoms with E-state index in [-0.39, 0.29) is 37.4 Å². The van der Waals surface area contributed by atoms with Crippen molar-refractivity contribution in [2.24, 2.45) is 11.8 Å². The van der Waals surface area contributed by atoms with Crippen molar-refractivity contribution >= 4 is 23.4 Å². The molecule has 1 spiro atoms. The van der Waals surface area contributed by atoms with E-state index in [2.05, 4.69) is 20.1 Å². The normalized spacial score (nSPS) is 29.8. The second-order valence-electron chi connectivity index (χ2n) is 10.5. The Balaban J connectivity index is 1.76. The van der Waals surface area contributed by atoms with E-state index < -0.39 is 29.1 Å². The Kier molecular flexibility index (Phi) is 7.90. The lowest BCUT2D eigenvalue weighted by atomic mass is 9.66. The van der Waals surface area contributed by atoms with Crippen LogP contribution in [0.3, 0.4) is 0 Å². The van der Waals surface area contributed by atoms with Crippen LogP contribution in [0.1, 0.15) is 39.5 Å². The largest absolute Gasteiger partial charge is 0.395 e. The number of aliphatic hydroxyl groups excluding tert-OH is 1.